The smallest absolute Gasteiger partial charge is 0.335 e. The van der Waals surface area contributed by atoms with Gasteiger partial charge in [0.25, 0.3) is 0 Å². The van der Waals surface area contributed by atoms with Crippen molar-refractivity contribution in [1.29, 1.82) is 0 Å². The lowest BCUT2D eigenvalue weighted by atomic mass is 9.99. The molecule has 0 bridgehead atoms. The van der Waals surface area contributed by atoms with Crippen molar-refractivity contribution in [2.45, 2.75) is 12.8 Å². The molecule has 4 aromatic carbocycles. The van der Waals surface area contributed by atoms with Crippen molar-refractivity contribution in [1.82, 2.24) is 0 Å². The van der Waals surface area contributed by atoms with Gasteiger partial charge >= 0.3 is 5.97 Å². The van der Waals surface area contributed by atoms with Gasteiger partial charge in [0.2, 0.25) is 0 Å². The van der Waals surface area contributed by atoms with Crippen LogP contribution in [0.25, 0.3) is 11.1 Å². The van der Waals surface area contributed by atoms with Crippen LogP contribution < -0.4 is 4.31 Å². The second-order valence-electron chi connectivity index (χ2n) is 7.52. The third kappa shape index (κ3) is 5.19. The lowest BCUT2D eigenvalue weighted by Gasteiger charge is -2.28. The van der Waals surface area contributed by atoms with Gasteiger partial charge in [-0.3, -0.25) is 8.51 Å². The van der Waals surface area contributed by atoms with Crippen LogP contribution in [0.3, 0.4) is 0 Å². The Kier molecular flexibility index (Phi) is 6.98. The lowest BCUT2D eigenvalue weighted by molar-refractivity contribution is 0.0695. The predicted octanol–water partition coefficient (Wildman–Crippen LogP) is 5.77. The molecule has 0 heterocycles. The number of aromatic carboxylic acids is 1. The summed E-state index contributed by atoms with van der Waals surface area (Å²) in [6.07, 6.45) is 0.974. The van der Waals surface area contributed by atoms with Crippen molar-refractivity contribution in [2.24, 2.45) is 0 Å². The average Bonchev–Trinajstić information content (AvgIpc) is 2.84. The number of hydrogen-bond donors (Lipinski definition) is 1. The minimum atomic E-state index is -2.54. The number of carbonyl (C=O) groups is 1. The molecule has 1 unspecified atom stereocenters. The van der Waals surface area contributed by atoms with E-state index in [1.165, 1.54) is 4.31 Å². The highest BCUT2D eigenvalue weighted by Crippen LogP contribution is 2.32. The molecule has 0 aliphatic heterocycles. The van der Waals surface area contributed by atoms with Crippen molar-refractivity contribution in [2.75, 3.05) is 4.31 Å². The molecule has 1 N–H and O–H groups in total. The molecule has 0 aliphatic rings. The normalized spacial score (nSPS) is 11.7. The molecule has 0 fully saturated rings. The second kappa shape index (κ2) is 10.3. The van der Waals surface area contributed by atoms with E-state index < -0.39 is 17.2 Å². The standard InChI is InChI=1S/C27H23NO4S/c29-27(30)25-12-6-4-10-22(25)14-15-23-11-5-7-13-26(23)28(33(31)32)24-18-16-21(17-19-24)20-8-2-1-3-9-20/h1-13,16-19H,14-15H2,(H,29,30)(H,31,32)/p-1. The maximum Gasteiger partial charge on any atom is 0.335 e. The molecule has 0 spiro atoms. The fraction of sp³-hybridized carbons (Fsp3) is 0.0741. The highest BCUT2D eigenvalue weighted by atomic mass is 32.2. The number of anilines is 2. The molecular weight excluding hydrogens is 434 g/mol. The van der Waals surface area contributed by atoms with Crippen molar-refractivity contribution < 1.29 is 18.7 Å². The third-order valence-corrected chi connectivity index (χ3v) is 6.19. The number of carboxylic acids is 1. The first kappa shape index (κ1) is 22.5. The fourth-order valence-corrected chi connectivity index (χ4v) is 4.49. The van der Waals surface area contributed by atoms with Crippen LogP contribution in [0.2, 0.25) is 0 Å². The Hall–Kier alpha value is -3.74. The summed E-state index contributed by atoms with van der Waals surface area (Å²) in [5, 5.41) is 9.44. The van der Waals surface area contributed by atoms with E-state index in [0.29, 0.717) is 29.8 Å². The number of aryl methyl sites for hydroxylation is 2. The number of nitrogens with zero attached hydrogens (tertiary/aromatic N) is 1. The van der Waals surface area contributed by atoms with Gasteiger partial charge in [-0.1, -0.05) is 78.9 Å². The average molecular weight is 457 g/mol. The van der Waals surface area contributed by atoms with Crippen LogP contribution in [-0.2, 0) is 24.1 Å². The lowest BCUT2D eigenvalue weighted by Crippen LogP contribution is -2.21. The van der Waals surface area contributed by atoms with Gasteiger partial charge in [0.05, 0.1) is 28.2 Å². The maximum atomic E-state index is 12.3. The van der Waals surface area contributed by atoms with Crippen LogP contribution in [0.1, 0.15) is 21.5 Å². The summed E-state index contributed by atoms with van der Waals surface area (Å²) in [6, 6.07) is 31.4. The molecule has 0 radical (unpaired) electrons. The summed E-state index contributed by atoms with van der Waals surface area (Å²) < 4.78 is 25.8. The summed E-state index contributed by atoms with van der Waals surface area (Å²) >= 11 is -2.54. The monoisotopic (exact) mass is 456 g/mol. The Morgan fingerprint density at radius 2 is 1.27 bits per heavy atom. The summed E-state index contributed by atoms with van der Waals surface area (Å²) in [5.41, 5.74) is 4.91. The fourth-order valence-electron chi connectivity index (χ4n) is 3.86. The van der Waals surface area contributed by atoms with E-state index in [9.17, 15) is 18.7 Å². The number of benzene rings is 4. The van der Waals surface area contributed by atoms with E-state index in [2.05, 4.69) is 0 Å². The van der Waals surface area contributed by atoms with Crippen LogP contribution in [0, 0.1) is 0 Å². The Morgan fingerprint density at radius 3 is 1.94 bits per heavy atom. The molecule has 0 saturated heterocycles. The third-order valence-electron chi connectivity index (χ3n) is 5.48. The zero-order valence-corrected chi connectivity index (χ0v) is 18.6. The van der Waals surface area contributed by atoms with Crippen molar-refractivity contribution >= 4 is 28.6 Å². The quantitative estimate of drug-likeness (QED) is 0.341. The number of carboxylic acid groups (broad SMARTS) is 1. The van der Waals surface area contributed by atoms with E-state index >= 15 is 0 Å². The molecule has 0 aromatic heterocycles. The Balaban J connectivity index is 1.63. The van der Waals surface area contributed by atoms with Gasteiger partial charge in [-0.2, -0.15) is 0 Å². The molecule has 4 aromatic rings. The molecule has 0 saturated carbocycles. The van der Waals surface area contributed by atoms with Crippen molar-refractivity contribution in [3.05, 3.63) is 120 Å². The summed E-state index contributed by atoms with van der Waals surface area (Å²) in [4.78, 5) is 11.5. The largest absolute Gasteiger partial charge is 0.755 e. The minimum absolute atomic E-state index is 0.260. The van der Waals surface area contributed by atoms with Gasteiger partial charge in [0, 0.05) is 0 Å². The zero-order valence-electron chi connectivity index (χ0n) is 17.8. The molecule has 166 valence electrons. The zero-order chi connectivity index (χ0) is 23.2. The Bertz CT molecular complexity index is 1270. The van der Waals surface area contributed by atoms with Gasteiger partial charge in [-0.05, 0) is 59.4 Å². The van der Waals surface area contributed by atoms with Crippen LogP contribution in [0.15, 0.2) is 103 Å². The van der Waals surface area contributed by atoms with Crippen molar-refractivity contribution in [3.63, 3.8) is 0 Å². The molecule has 6 heteroatoms. The molecule has 33 heavy (non-hydrogen) atoms. The first-order valence-electron chi connectivity index (χ1n) is 10.5. The number of hydrogen-bond acceptors (Lipinski definition) is 3. The van der Waals surface area contributed by atoms with Gasteiger partial charge in [0.1, 0.15) is 0 Å². The summed E-state index contributed by atoms with van der Waals surface area (Å²) in [5.74, 6) is -0.973. The van der Waals surface area contributed by atoms with Crippen LogP contribution in [-0.4, -0.2) is 19.8 Å². The van der Waals surface area contributed by atoms with Crippen LogP contribution in [0.5, 0.6) is 0 Å². The predicted molar refractivity (Wildman–Crippen MR) is 130 cm³/mol. The van der Waals surface area contributed by atoms with Crippen molar-refractivity contribution in [3.8, 4) is 11.1 Å². The van der Waals surface area contributed by atoms with E-state index in [-0.39, 0.29) is 5.56 Å². The van der Waals surface area contributed by atoms with E-state index in [0.717, 1.165) is 16.7 Å². The first-order valence-corrected chi connectivity index (χ1v) is 11.5. The molecule has 0 aliphatic carbocycles. The highest BCUT2D eigenvalue weighted by molar-refractivity contribution is 7.81. The minimum Gasteiger partial charge on any atom is -0.755 e. The molecule has 4 rings (SSSR count). The molecule has 0 amide bonds. The molecule has 1 atom stereocenters. The van der Waals surface area contributed by atoms with Crippen LogP contribution in [0.4, 0.5) is 11.4 Å². The van der Waals surface area contributed by atoms with E-state index in [1.54, 1.807) is 48.5 Å². The highest BCUT2D eigenvalue weighted by Gasteiger charge is 2.16. The Labute approximate surface area is 195 Å². The topological polar surface area (TPSA) is 80.7 Å². The van der Waals surface area contributed by atoms with Gasteiger partial charge in [0.15, 0.2) is 0 Å². The second-order valence-corrected chi connectivity index (χ2v) is 8.31. The summed E-state index contributed by atoms with van der Waals surface area (Å²) in [7, 11) is 0. The van der Waals surface area contributed by atoms with Gasteiger partial charge in [-0.25, -0.2) is 4.79 Å². The number of para-hydroxylation sites is 1. The van der Waals surface area contributed by atoms with E-state index in [4.69, 9.17) is 0 Å². The maximum absolute atomic E-state index is 12.3. The SMILES string of the molecule is O=C(O)c1ccccc1CCc1ccccc1N(c1ccc(-c2ccccc2)cc1)S(=O)[O-]. The van der Waals surface area contributed by atoms with Gasteiger partial charge < -0.3 is 9.66 Å². The van der Waals surface area contributed by atoms with Gasteiger partial charge in [-0.15, -0.1) is 0 Å². The Morgan fingerprint density at radius 1 is 0.727 bits per heavy atom. The summed E-state index contributed by atoms with van der Waals surface area (Å²) in [6.45, 7) is 0. The van der Waals surface area contributed by atoms with Crippen LogP contribution >= 0.6 is 0 Å². The molecular formula is C27H22NO4S-. The van der Waals surface area contributed by atoms with E-state index in [1.807, 2.05) is 54.6 Å². The molecule has 5 nitrogen and oxygen atoms in total. The first-order chi connectivity index (χ1) is 16.0. The number of rotatable bonds is 8.